The average molecular weight is 924 g/mol. The van der Waals surface area contributed by atoms with Gasteiger partial charge in [-0.3, -0.25) is 9.59 Å². The average Bonchev–Trinajstić information content (AvgIpc) is 3.23. The van der Waals surface area contributed by atoms with Gasteiger partial charge in [-0.2, -0.15) is 0 Å². The Balaban J connectivity index is 1.55. The predicted octanol–water partition coefficient (Wildman–Crippen LogP) is 2.91. The number of ketones is 1. The highest BCUT2D eigenvalue weighted by atomic mass is 16.6. The molecule has 19 nitrogen and oxygen atoms in total. The Labute approximate surface area is 380 Å². The lowest BCUT2D eigenvalue weighted by Crippen LogP contribution is -2.82. The molecule has 2 saturated carbocycles. The van der Waals surface area contributed by atoms with Crippen molar-refractivity contribution in [3.05, 3.63) is 82.9 Å². The van der Waals surface area contributed by atoms with Crippen LogP contribution in [0.15, 0.2) is 71.8 Å². The van der Waals surface area contributed by atoms with Crippen molar-refractivity contribution in [3.8, 4) is 0 Å². The van der Waals surface area contributed by atoms with Crippen LogP contribution in [0.4, 0.5) is 4.79 Å². The number of carboxylic acids is 1. The maximum Gasteiger partial charge on any atom is 0.408 e. The topological polar surface area (TPSA) is 277 Å². The summed E-state index contributed by atoms with van der Waals surface area (Å²) < 4.78 is 40.6. The number of nitrogens with one attached hydrogen (secondary N) is 1. The molecule has 11 atom stereocenters. The van der Waals surface area contributed by atoms with Crippen LogP contribution in [0, 0.1) is 16.7 Å². The number of amides is 1. The van der Waals surface area contributed by atoms with Crippen LogP contribution in [-0.4, -0.2) is 135 Å². The maximum absolute atomic E-state index is 15.7. The van der Waals surface area contributed by atoms with E-state index in [1.165, 1.54) is 52.0 Å². The molecule has 3 aliphatic carbocycles. The van der Waals surface area contributed by atoms with Crippen molar-refractivity contribution in [1.29, 1.82) is 0 Å². The molecule has 0 radical (unpaired) electrons. The molecular formula is C47H57NO18. The summed E-state index contributed by atoms with van der Waals surface area (Å²) in [5, 5.41) is 49.3. The number of fused-ring (bicyclic) bond motifs is 5. The van der Waals surface area contributed by atoms with Crippen molar-refractivity contribution in [2.75, 3.05) is 19.8 Å². The Morgan fingerprint density at radius 1 is 0.924 bits per heavy atom. The number of carbonyl (C=O) groups excluding carboxylic acids is 6. The molecule has 66 heavy (non-hydrogen) atoms. The van der Waals surface area contributed by atoms with E-state index in [1.807, 2.05) is 0 Å². The van der Waals surface area contributed by atoms with Gasteiger partial charge >= 0.3 is 35.9 Å². The molecule has 2 aromatic carbocycles. The van der Waals surface area contributed by atoms with Gasteiger partial charge in [0, 0.05) is 25.2 Å². The predicted molar refractivity (Wildman–Crippen MR) is 226 cm³/mol. The number of ether oxygens (including phenoxy) is 7. The number of rotatable bonds is 13. The lowest BCUT2D eigenvalue weighted by Gasteiger charge is -2.67. The van der Waals surface area contributed by atoms with E-state index in [0.29, 0.717) is 0 Å². The van der Waals surface area contributed by atoms with Gasteiger partial charge in [0.25, 0.3) is 0 Å². The molecule has 1 heterocycles. The highest BCUT2D eigenvalue weighted by Gasteiger charge is 2.78. The summed E-state index contributed by atoms with van der Waals surface area (Å²) in [7, 11) is 0. The number of benzene rings is 2. The molecule has 358 valence electrons. The van der Waals surface area contributed by atoms with Crippen LogP contribution in [0.2, 0.25) is 0 Å². The van der Waals surface area contributed by atoms with Crippen LogP contribution in [-0.2, 0) is 57.1 Å². The first kappa shape index (κ1) is 49.7. The first-order valence-electron chi connectivity index (χ1n) is 21.4. The van der Waals surface area contributed by atoms with Crippen molar-refractivity contribution in [2.24, 2.45) is 16.7 Å². The van der Waals surface area contributed by atoms with Gasteiger partial charge in [-0.15, -0.1) is 0 Å². The summed E-state index contributed by atoms with van der Waals surface area (Å²) in [6, 6.07) is 14.2. The number of Topliss-reactive ketones (excluding diaryl/α,β-unsaturated/α-hetero) is 1. The van der Waals surface area contributed by atoms with Crippen molar-refractivity contribution >= 4 is 41.7 Å². The minimum absolute atomic E-state index is 0.0137. The van der Waals surface area contributed by atoms with Gasteiger partial charge in [-0.25, -0.2) is 24.0 Å². The second-order valence-electron chi connectivity index (χ2n) is 18.9. The van der Waals surface area contributed by atoms with Crippen molar-refractivity contribution in [2.45, 2.75) is 128 Å². The molecule has 0 spiro atoms. The Kier molecular flexibility index (Phi) is 13.9. The second-order valence-corrected chi connectivity index (χ2v) is 18.9. The molecule has 3 fully saturated rings. The van der Waals surface area contributed by atoms with Crippen molar-refractivity contribution in [3.63, 3.8) is 0 Å². The number of aliphatic hydroxyl groups is 3. The molecule has 4 aliphatic rings. The number of aliphatic carboxylic acids is 1. The molecule has 19 heteroatoms. The minimum atomic E-state index is -2.52. The largest absolute Gasteiger partial charge is 0.480 e. The van der Waals surface area contributed by atoms with Gasteiger partial charge in [-0.05, 0) is 63.5 Å². The van der Waals surface area contributed by atoms with Gasteiger partial charge in [-0.1, -0.05) is 62.4 Å². The fourth-order valence-corrected chi connectivity index (χ4v) is 10.0. The number of esters is 4. The van der Waals surface area contributed by atoms with Crippen LogP contribution in [0.1, 0.15) is 90.2 Å². The van der Waals surface area contributed by atoms with E-state index in [9.17, 15) is 44.1 Å². The maximum atomic E-state index is 15.7. The zero-order valence-electron chi connectivity index (χ0n) is 37.9. The first-order chi connectivity index (χ1) is 30.8. The molecule has 2 bridgehead atoms. The Morgan fingerprint density at radius 3 is 2.11 bits per heavy atom. The van der Waals surface area contributed by atoms with Gasteiger partial charge in [0.2, 0.25) is 0 Å². The van der Waals surface area contributed by atoms with Crippen molar-refractivity contribution in [1.82, 2.24) is 5.32 Å². The molecule has 1 aliphatic heterocycles. The smallest absolute Gasteiger partial charge is 0.408 e. The summed E-state index contributed by atoms with van der Waals surface area (Å²) in [6.45, 7) is 9.40. The number of alkyl carbamates (subject to hydrolysis) is 1. The summed E-state index contributed by atoms with van der Waals surface area (Å²) in [6.07, 6.45) is -12.4. The fraction of sp³-hybridized carbons (Fsp3) is 0.553. The van der Waals surface area contributed by atoms with E-state index in [-0.39, 0.29) is 28.7 Å². The third-order valence-corrected chi connectivity index (χ3v) is 13.2. The van der Waals surface area contributed by atoms with Gasteiger partial charge in [0.15, 0.2) is 23.6 Å². The number of aliphatic hydroxyl groups excluding tert-OH is 2. The first-order valence-corrected chi connectivity index (χ1v) is 21.4. The Morgan fingerprint density at radius 2 is 1.55 bits per heavy atom. The molecule has 2 aromatic rings. The van der Waals surface area contributed by atoms with Gasteiger partial charge < -0.3 is 58.9 Å². The van der Waals surface area contributed by atoms with Crippen LogP contribution in [0.25, 0.3) is 0 Å². The lowest BCUT2D eigenvalue weighted by atomic mass is 9.44. The summed E-state index contributed by atoms with van der Waals surface area (Å²) in [5.74, 6) is -8.49. The number of carboxylic acid groups (broad SMARTS) is 1. The number of hydrogen-bond donors (Lipinski definition) is 5. The van der Waals surface area contributed by atoms with E-state index in [4.69, 9.17) is 38.3 Å². The normalized spacial score (nSPS) is 30.9. The molecule has 0 unspecified atom stereocenters. The van der Waals surface area contributed by atoms with E-state index in [1.54, 1.807) is 57.2 Å². The van der Waals surface area contributed by atoms with Gasteiger partial charge in [0.1, 0.15) is 42.7 Å². The lowest BCUT2D eigenvalue weighted by molar-refractivity contribution is -0.346. The molecule has 0 aromatic heterocycles. The number of hydrogen-bond acceptors (Lipinski definition) is 17. The zero-order chi connectivity index (χ0) is 48.7. The van der Waals surface area contributed by atoms with E-state index >= 15 is 4.79 Å². The summed E-state index contributed by atoms with van der Waals surface area (Å²) in [5.41, 5.74) is -9.21. The highest BCUT2D eigenvalue weighted by molar-refractivity contribution is 5.96. The Bertz CT molecular complexity index is 2260. The molecule has 5 N–H and O–H groups in total. The van der Waals surface area contributed by atoms with E-state index < -0.39 is 144 Å². The quantitative estimate of drug-likeness (QED) is 0.110. The van der Waals surface area contributed by atoms with Crippen LogP contribution >= 0.6 is 0 Å². The van der Waals surface area contributed by atoms with Crippen LogP contribution in [0.5, 0.6) is 0 Å². The van der Waals surface area contributed by atoms with Crippen LogP contribution in [0.3, 0.4) is 0 Å². The zero-order valence-corrected chi connectivity index (χ0v) is 37.9. The third kappa shape index (κ3) is 9.18. The SMILES string of the molecule is CC(=O)O[C@@]12CO[C@@H]1C[C@H](O)[C@@]1(C)C(=O)[C@H](OC(=O)COCC(=O)O)C3=C(C)[C@@H](OC(=O)[C@H](O)[C@@H](NC(=O)OC(C)(C)C)c4ccccc4)C[C@@](O)([C@@H](OC(=O)c4ccccc4)[C@H]21)C3(C)C. The molecule has 1 saturated heterocycles. The minimum Gasteiger partial charge on any atom is -0.480 e. The van der Waals surface area contributed by atoms with Crippen molar-refractivity contribution < 1.29 is 87.1 Å². The second kappa shape index (κ2) is 18.5. The third-order valence-electron chi connectivity index (χ3n) is 13.2. The summed E-state index contributed by atoms with van der Waals surface area (Å²) in [4.78, 5) is 95.4. The monoisotopic (exact) mass is 923 g/mol. The fourth-order valence-electron chi connectivity index (χ4n) is 10.0. The van der Waals surface area contributed by atoms with Crippen LogP contribution < -0.4 is 5.32 Å². The molecule has 1 amide bonds. The highest BCUT2D eigenvalue weighted by Crippen LogP contribution is 2.64. The van der Waals surface area contributed by atoms with E-state index in [0.717, 1.165) is 6.92 Å². The van der Waals surface area contributed by atoms with E-state index in [2.05, 4.69) is 5.32 Å². The van der Waals surface area contributed by atoms with Gasteiger partial charge in [0.05, 0.1) is 35.6 Å². The summed E-state index contributed by atoms with van der Waals surface area (Å²) >= 11 is 0. The molecule has 6 rings (SSSR count). The number of carbonyl (C=O) groups is 7. The Hall–Kier alpha value is -5.73. The molecular weight excluding hydrogens is 867 g/mol. The standard InChI is InChI=1S/C47H57NO18/c1-24-28(62-41(57)35(54)34(26-15-11-9-12-16-26)48-42(58)66-43(3,4)5)20-47(59)39(64-40(56)27-17-13-10-14-18-27)37-45(8,29(50)19-30-46(37,23-61-30)65-25(2)49)38(55)36(33(24)44(47,6)7)63-32(53)22-60-21-31(51)52/h9-18,28-30,34-37,39,50,54,59H,19-23H2,1-8H3,(H,48,58)(H,51,52)/t28-,29-,30+,34-,35+,36+,37-,39-,45+,46-,47+/m0/s1.